The van der Waals surface area contributed by atoms with Crippen molar-refractivity contribution in [3.8, 4) is 0 Å². The van der Waals surface area contributed by atoms with E-state index in [2.05, 4.69) is 64.3 Å². The lowest BCUT2D eigenvalue weighted by Crippen LogP contribution is -2.48. The molecule has 1 aliphatic heterocycles. The summed E-state index contributed by atoms with van der Waals surface area (Å²) in [5, 5.41) is 3.43. The van der Waals surface area contributed by atoms with Crippen LogP contribution in [0, 0.1) is 0 Å². The molecule has 0 aromatic heterocycles. The Bertz CT molecular complexity index is 436. The van der Waals surface area contributed by atoms with Crippen LogP contribution in [-0.4, -0.2) is 43.8 Å². The summed E-state index contributed by atoms with van der Waals surface area (Å²) in [5.41, 5.74) is 1.32. The predicted octanol–water partition coefficient (Wildman–Crippen LogP) is 3.21. The number of hydrogen-bond acceptors (Lipinski definition) is 3. The quantitative estimate of drug-likeness (QED) is 0.890. The number of ether oxygens (including phenoxy) is 1. The van der Waals surface area contributed by atoms with E-state index in [0.717, 1.165) is 32.7 Å². The minimum atomic E-state index is -0.0132. The van der Waals surface area contributed by atoms with Gasteiger partial charge in [-0.15, -0.1) is 0 Å². The van der Waals surface area contributed by atoms with Gasteiger partial charge in [-0.25, -0.2) is 0 Å². The molecule has 1 aromatic rings. The largest absolute Gasteiger partial charge is 0.373 e. The Kier molecular flexibility index (Phi) is 5.61. The van der Waals surface area contributed by atoms with Crippen LogP contribution < -0.4 is 5.32 Å². The van der Waals surface area contributed by atoms with Gasteiger partial charge >= 0.3 is 0 Å². The Labute approximate surface area is 130 Å². The van der Waals surface area contributed by atoms with E-state index in [1.165, 1.54) is 10.0 Å². The Morgan fingerprint density at radius 2 is 2.15 bits per heavy atom. The van der Waals surface area contributed by atoms with Crippen LogP contribution in [0.25, 0.3) is 0 Å². The SMILES string of the molecule is CNC(CCN1CCOC(C)(C)C1)c1ccccc1Br. The summed E-state index contributed by atoms with van der Waals surface area (Å²) in [6, 6.07) is 8.84. The number of hydrogen-bond donors (Lipinski definition) is 1. The van der Waals surface area contributed by atoms with Crippen molar-refractivity contribution >= 4 is 15.9 Å². The zero-order valence-corrected chi connectivity index (χ0v) is 14.2. The second-order valence-corrected chi connectivity index (χ2v) is 6.89. The lowest BCUT2D eigenvalue weighted by molar-refractivity contribution is -0.0864. The minimum Gasteiger partial charge on any atom is -0.373 e. The van der Waals surface area contributed by atoms with Gasteiger partial charge in [-0.1, -0.05) is 34.1 Å². The Morgan fingerprint density at radius 1 is 1.40 bits per heavy atom. The van der Waals surface area contributed by atoms with Gasteiger partial charge in [0.1, 0.15) is 0 Å². The normalized spacial score (nSPS) is 20.8. The number of nitrogens with zero attached hydrogens (tertiary/aromatic N) is 1. The highest BCUT2D eigenvalue weighted by molar-refractivity contribution is 9.10. The fourth-order valence-corrected chi connectivity index (χ4v) is 3.39. The van der Waals surface area contributed by atoms with E-state index >= 15 is 0 Å². The lowest BCUT2D eigenvalue weighted by Gasteiger charge is -2.38. The van der Waals surface area contributed by atoms with Gasteiger partial charge in [-0.05, 0) is 38.9 Å². The van der Waals surface area contributed by atoms with Crippen LogP contribution in [0.1, 0.15) is 31.9 Å². The van der Waals surface area contributed by atoms with Crippen molar-refractivity contribution in [3.63, 3.8) is 0 Å². The van der Waals surface area contributed by atoms with Crippen molar-refractivity contribution in [3.05, 3.63) is 34.3 Å². The average molecular weight is 341 g/mol. The Hall–Kier alpha value is -0.420. The number of benzene rings is 1. The zero-order valence-electron chi connectivity index (χ0n) is 12.7. The van der Waals surface area contributed by atoms with Crippen molar-refractivity contribution in [1.82, 2.24) is 10.2 Å². The fourth-order valence-electron chi connectivity index (χ4n) is 2.83. The molecular formula is C16H25BrN2O. The molecule has 1 aliphatic rings. The smallest absolute Gasteiger partial charge is 0.0753 e. The highest BCUT2D eigenvalue weighted by Crippen LogP contribution is 2.26. The van der Waals surface area contributed by atoms with E-state index in [-0.39, 0.29) is 5.60 Å². The van der Waals surface area contributed by atoms with Crippen molar-refractivity contribution in [2.45, 2.75) is 31.9 Å². The molecule has 0 aliphatic carbocycles. The van der Waals surface area contributed by atoms with E-state index in [1.54, 1.807) is 0 Å². The van der Waals surface area contributed by atoms with E-state index in [4.69, 9.17) is 4.74 Å². The molecule has 0 amide bonds. The van der Waals surface area contributed by atoms with Crippen LogP contribution in [0.3, 0.4) is 0 Å². The Morgan fingerprint density at radius 3 is 2.80 bits per heavy atom. The molecule has 112 valence electrons. The maximum absolute atomic E-state index is 5.77. The maximum Gasteiger partial charge on any atom is 0.0753 e. The van der Waals surface area contributed by atoms with E-state index in [9.17, 15) is 0 Å². The summed E-state index contributed by atoms with van der Waals surface area (Å²) >= 11 is 3.65. The lowest BCUT2D eigenvalue weighted by atomic mass is 10.0. The van der Waals surface area contributed by atoms with Gasteiger partial charge in [0.05, 0.1) is 12.2 Å². The van der Waals surface area contributed by atoms with Gasteiger partial charge in [0, 0.05) is 30.1 Å². The van der Waals surface area contributed by atoms with Crippen molar-refractivity contribution in [2.75, 3.05) is 33.3 Å². The van der Waals surface area contributed by atoms with Gasteiger partial charge in [-0.2, -0.15) is 0 Å². The van der Waals surface area contributed by atoms with Gasteiger partial charge in [-0.3, -0.25) is 4.90 Å². The minimum absolute atomic E-state index is 0.0132. The molecule has 1 N–H and O–H groups in total. The van der Waals surface area contributed by atoms with Gasteiger partial charge < -0.3 is 10.1 Å². The molecular weight excluding hydrogens is 316 g/mol. The van der Waals surface area contributed by atoms with Gasteiger partial charge in [0.2, 0.25) is 0 Å². The summed E-state index contributed by atoms with van der Waals surface area (Å²) in [4.78, 5) is 2.50. The maximum atomic E-state index is 5.77. The van der Waals surface area contributed by atoms with Crippen LogP contribution in [0.4, 0.5) is 0 Å². The summed E-state index contributed by atoms with van der Waals surface area (Å²) < 4.78 is 6.95. The highest BCUT2D eigenvalue weighted by atomic mass is 79.9. The molecule has 2 rings (SSSR count). The topological polar surface area (TPSA) is 24.5 Å². The second kappa shape index (κ2) is 7.03. The van der Waals surface area contributed by atoms with E-state index in [1.807, 2.05) is 7.05 Å². The average Bonchev–Trinajstić information content (AvgIpc) is 2.40. The summed E-state index contributed by atoms with van der Waals surface area (Å²) in [5.74, 6) is 0. The first-order valence-electron chi connectivity index (χ1n) is 7.30. The highest BCUT2D eigenvalue weighted by Gasteiger charge is 2.27. The molecule has 0 saturated carbocycles. The second-order valence-electron chi connectivity index (χ2n) is 6.04. The first-order valence-corrected chi connectivity index (χ1v) is 8.09. The van der Waals surface area contributed by atoms with Crippen LogP contribution in [-0.2, 0) is 4.74 Å². The number of rotatable bonds is 5. The third-order valence-electron chi connectivity index (χ3n) is 3.87. The molecule has 1 unspecified atom stereocenters. The van der Waals surface area contributed by atoms with Crippen LogP contribution in [0.2, 0.25) is 0 Å². The monoisotopic (exact) mass is 340 g/mol. The van der Waals surface area contributed by atoms with Crippen LogP contribution in [0.5, 0.6) is 0 Å². The molecule has 4 heteroatoms. The molecule has 20 heavy (non-hydrogen) atoms. The predicted molar refractivity (Wildman–Crippen MR) is 87.0 cm³/mol. The third kappa shape index (κ3) is 4.29. The molecule has 1 atom stereocenters. The Balaban J connectivity index is 1.93. The summed E-state index contributed by atoms with van der Waals surface area (Å²) in [6.45, 7) is 8.33. The molecule has 0 spiro atoms. The van der Waals surface area contributed by atoms with Gasteiger partial charge in [0.25, 0.3) is 0 Å². The molecule has 1 aromatic carbocycles. The van der Waals surface area contributed by atoms with Crippen molar-refractivity contribution in [2.24, 2.45) is 0 Å². The van der Waals surface area contributed by atoms with Crippen LogP contribution in [0.15, 0.2) is 28.7 Å². The summed E-state index contributed by atoms with van der Waals surface area (Å²) in [6.07, 6.45) is 1.11. The number of nitrogens with one attached hydrogen (secondary N) is 1. The summed E-state index contributed by atoms with van der Waals surface area (Å²) in [7, 11) is 2.04. The molecule has 1 saturated heterocycles. The molecule has 1 heterocycles. The molecule has 3 nitrogen and oxygen atoms in total. The van der Waals surface area contributed by atoms with E-state index < -0.39 is 0 Å². The number of morpholine rings is 1. The molecule has 0 radical (unpaired) electrons. The van der Waals surface area contributed by atoms with Crippen molar-refractivity contribution < 1.29 is 4.74 Å². The first kappa shape index (κ1) is 16.0. The fraction of sp³-hybridized carbons (Fsp3) is 0.625. The van der Waals surface area contributed by atoms with E-state index in [0.29, 0.717) is 6.04 Å². The van der Waals surface area contributed by atoms with Crippen molar-refractivity contribution in [1.29, 1.82) is 0 Å². The van der Waals surface area contributed by atoms with Gasteiger partial charge in [0.15, 0.2) is 0 Å². The molecule has 1 fully saturated rings. The third-order valence-corrected chi connectivity index (χ3v) is 4.59. The standard InChI is InChI=1S/C16H25BrN2O/c1-16(2)12-19(10-11-20-16)9-8-15(18-3)13-6-4-5-7-14(13)17/h4-7,15,18H,8-12H2,1-3H3. The first-order chi connectivity index (χ1) is 9.52. The van der Waals surface area contributed by atoms with Crippen LogP contribution >= 0.6 is 15.9 Å². The number of halogens is 1. The zero-order chi connectivity index (χ0) is 14.6. The molecule has 0 bridgehead atoms.